The Morgan fingerprint density at radius 2 is 1.90 bits per heavy atom. The number of hydrogen-bond donors (Lipinski definition) is 3. The largest absolute Gasteiger partial charge is 0.495 e. The molecule has 0 aliphatic carbocycles. The Labute approximate surface area is 122 Å². The number of aryl methyl sites for hydroxylation is 1. The highest BCUT2D eigenvalue weighted by molar-refractivity contribution is 6.31. The van der Waals surface area contributed by atoms with E-state index < -0.39 is 0 Å². The quantitative estimate of drug-likeness (QED) is 0.594. The number of anilines is 3. The van der Waals surface area contributed by atoms with E-state index in [0.717, 1.165) is 11.3 Å². The molecule has 0 radical (unpaired) electrons. The highest BCUT2D eigenvalue weighted by Crippen LogP contribution is 2.31. The second kappa shape index (κ2) is 5.94. The van der Waals surface area contributed by atoms with Gasteiger partial charge in [-0.1, -0.05) is 11.6 Å². The van der Waals surface area contributed by atoms with Crippen LogP contribution in [-0.4, -0.2) is 17.1 Å². The van der Waals surface area contributed by atoms with Gasteiger partial charge in [-0.25, -0.2) is 15.8 Å². The summed E-state index contributed by atoms with van der Waals surface area (Å²) in [4.78, 5) is 8.57. The lowest BCUT2D eigenvalue weighted by atomic mass is 10.2. The van der Waals surface area contributed by atoms with Crippen LogP contribution in [0.5, 0.6) is 5.75 Å². The third-order valence-corrected chi connectivity index (χ3v) is 3.04. The molecule has 2 aromatic rings. The highest BCUT2D eigenvalue weighted by atomic mass is 35.5. The van der Waals surface area contributed by atoms with Crippen LogP contribution in [0.1, 0.15) is 11.4 Å². The maximum Gasteiger partial charge on any atom is 0.148 e. The number of hydrogen-bond acceptors (Lipinski definition) is 6. The van der Waals surface area contributed by atoms with Crippen molar-refractivity contribution in [2.24, 2.45) is 5.84 Å². The molecular weight excluding hydrogens is 278 g/mol. The topological polar surface area (TPSA) is 85.1 Å². The number of aromatic nitrogens is 2. The number of hydrazine groups is 1. The Morgan fingerprint density at radius 3 is 2.55 bits per heavy atom. The van der Waals surface area contributed by atoms with Crippen LogP contribution in [0.4, 0.5) is 17.3 Å². The highest BCUT2D eigenvalue weighted by Gasteiger charge is 2.11. The lowest BCUT2D eigenvalue weighted by molar-refractivity contribution is 0.417. The fraction of sp³-hybridized carbons (Fsp3) is 0.231. The lowest BCUT2D eigenvalue weighted by Gasteiger charge is -2.14. The molecule has 106 valence electrons. The van der Waals surface area contributed by atoms with Crippen molar-refractivity contribution in [3.8, 4) is 5.75 Å². The average Bonchev–Trinajstić information content (AvgIpc) is 2.42. The summed E-state index contributed by atoms with van der Waals surface area (Å²) in [6, 6.07) is 5.32. The Bertz CT molecular complexity index is 632. The molecule has 0 aliphatic heterocycles. The summed E-state index contributed by atoms with van der Waals surface area (Å²) in [6.07, 6.45) is 0. The van der Waals surface area contributed by atoms with Crippen LogP contribution >= 0.6 is 11.6 Å². The minimum Gasteiger partial charge on any atom is -0.495 e. The first-order chi connectivity index (χ1) is 9.55. The van der Waals surface area contributed by atoms with Gasteiger partial charge in [-0.05, 0) is 32.0 Å². The molecule has 0 bridgehead atoms. The van der Waals surface area contributed by atoms with Gasteiger partial charge >= 0.3 is 0 Å². The maximum absolute atomic E-state index is 6.01. The van der Waals surface area contributed by atoms with Crippen molar-refractivity contribution in [2.75, 3.05) is 17.9 Å². The van der Waals surface area contributed by atoms with E-state index in [1.165, 1.54) is 0 Å². The van der Waals surface area contributed by atoms with E-state index in [1.54, 1.807) is 32.2 Å². The van der Waals surface area contributed by atoms with Gasteiger partial charge in [0.15, 0.2) is 0 Å². The molecule has 1 aromatic carbocycles. The monoisotopic (exact) mass is 293 g/mol. The SMILES string of the molecule is COc1ccc(Cl)cc1Nc1nc(C)nc(NN)c1C. The van der Waals surface area contributed by atoms with E-state index in [0.29, 0.717) is 28.2 Å². The zero-order valence-electron chi connectivity index (χ0n) is 11.5. The Kier molecular flexibility index (Phi) is 4.26. The van der Waals surface area contributed by atoms with E-state index in [4.69, 9.17) is 22.2 Å². The van der Waals surface area contributed by atoms with E-state index in [9.17, 15) is 0 Å². The van der Waals surface area contributed by atoms with Crippen molar-refractivity contribution in [1.82, 2.24) is 9.97 Å². The first-order valence-corrected chi connectivity index (χ1v) is 6.35. The van der Waals surface area contributed by atoms with Crippen LogP contribution in [0.25, 0.3) is 0 Å². The number of ether oxygens (including phenoxy) is 1. The second-order valence-electron chi connectivity index (χ2n) is 4.21. The molecule has 2 rings (SSSR count). The Balaban J connectivity index is 2.44. The Morgan fingerprint density at radius 1 is 1.20 bits per heavy atom. The molecule has 0 atom stereocenters. The molecule has 0 saturated heterocycles. The summed E-state index contributed by atoms with van der Waals surface area (Å²) in [5, 5.41) is 3.80. The standard InChI is InChI=1S/C13H16ClN5O/c1-7-12(16-8(2)17-13(7)19-15)18-10-6-9(14)4-5-11(10)20-3/h4-6H,15H2,1-3H3,(H2,16,17,18,19). The van der Waals surface area contributed by atoms with Crippen LogP contribution in [0, 0.1) is 13.8 Å². The molecule has 7 heteroatoms. The molecular formula is C13H16ClN5O. The molecule has 0 unspecified atom stereocenters. The smallest absolute Gasteiger partial charge is 0.148 e. The average molecular weight is 294 g/mol. The van der Waals surface area contributed by atoms with Gasteiger partial charge in [0.2, 0.25) is 0 Å². The van der Waals surface area contributed by atoms with Crippen LogP contribution in [0.3, 0.4) is 0 Å². The molecule has 0 amide bonds. The minimum absolute atomic E-state index is 0.570. The fourth-order valence-electron chi connectivity index (χ4n) is 1.80. The van der Waals surface area contributed by atoms with Crippen LogP contribution in [0.2, 0.25) is 5.02 Å². The number of rotatable bonds is 4. The molecule has 0 spiro atoms. The molecule has 1 aromatic heterocycles. The van der Waals surface area contributed by atoms with E-state index in [-0.39, 0.29) is 0 Å². The summed E-state index contributed by atoms with van der Waals surface area (Å²) in [5.74, 6) is 7.94. The van der Waals surface area contributed by atoms with Crippen molar-refractivity contribution in [3.63, 3.8) is 0 Å². The fourth-order valence-corrected chi connectivity index (χ4v) is 1.97. The molecule has 1 heterocycles. The van der Waals surface area contributed by atoms with Crippen LogP contribution in [0.15, 0.2) is 18.2 Å². The van der Waals surface area contributed by atoms with E-state index >= 15 is 0 Å². The Hall–Kier alpha value is -2.05. The normalized spacial score (nSPS) is 10.2. The predicted molar refractivity (Wildman–Crippen MR) is 80.6 cm³/mol. The number of methoxy groups -OCH3 is 1. The summed E-state index contributed by atoms with van der Waals surface area (Å²) >= 11 is 6.01. The van der Waals surface area contributed by atoms with E-state index in [1.807, 2.05) is 6.92 Å². The first kappa shape index (κ1) is 14.4. The molecule has 0 aliphatic rings. The summed E-state index contributed by atoms with van der Waals surface area (Å²) in [5.41, 5.74) is 4.09. The minimum atomic E-state index is 0.570. The second-order valence-corrected chi connectivity index (χ2v) is 4.64. The number of halogens is 1. The van der Waals surface area contributed by atoms with E-state index in [2.05, 4.69) is 20.7 Å². The first-order valence-electron chi connectivity index (χ1n) is 5.97. The van der Waals surface area contributed by atoms with Crippen molar-refractivity contribution < 1.29 is 4.74 Å². The summed E-state index contributed by atoms with van der Waals surface area (Å²) in [6.45, 7) is 3.66. The van der Waals surface area contributed by atoms with Gasteiger partial charge in [-0.2, -0.15) is 0 Å². The number of nitrogen functional groups attached to an aromatic ring is 1. The number of nitrogens with two attached hydrogens (primary N) is 1. The number of nitrogens with zero attached hydrogens (tertiary/aromatic N) is 2. The van der Waals surface area contributed by atoms with Gasteiger partial charge in [0, 0.05) is 10.6 Å². The third-order valence-electron chi connectivity index (χ3n) is 2.81. The lowest BCUT2D eigenvalue weighted by Crippen LogP contribution is -2.13. The predicted octanol–water partition coefficient (Wildman–Crippen LogP) is 2.78. The maximum atomic E-state index is 6.01. The third kappa shape index (κ3) is 2.92. The van der Waals surface area contributed by atoms with Crippen LogP contribution in [-0.2, 0) is 0 Å². The van der Waals surface area contributed by atoms with Gasteiger partial charge in [0.1, 0.15) is 23.2 Å². The van der Waals surface area contributed by atoms with Gasteiger partial charge in [-0.15, -0.1) is 0 Å². The van der Waals surface area contributed by atoms with Crippen molar-refractivity contribution in [1.29, 1.82) is 0 Å². The van der Waals surface area contributed by atoms with Gasteiger partial charge in [-0.3, -0.25) is 0 Å². The van der Waals surface area contributed by atoms with Gasteiger partial charge in [0.05, 0.1) is 12.8 Å². The van der Waals surface area contributed by atoms with Gasteiger partial charge < -0.3 is 15.5 Å². The molecule has 0 saturated carbocycles. The van der Waals surface area contributed by atoms with Crippen molar-refractivity contribution in [2.45, 2.75) is 13.8 Å². The van der Waals surface area contributed by atoms with Crippen molar-refractivity contribution in [3.05, 3.63) is 34.6 Å². The van der Waals surface area contributed by atoms with Crippen LogP contribution < -0.4 is 21.3 Å². The molecule has 20 heavy (non-hydrogen) atoms. The number of nitrogens with one attached hydrogen (secondary N) is 2. The molecule has 0 fully saturated rings. The zero-order chi connectivity index (χ0) is 14.7. The van der Waals surface area contributed by atoms with Crippen molar-refractivity contribution >= 4 is 28.9 Å². The molecule has 6 nitrogen and oxygen atoms in total. The molecule has 4 N–H and O–H groups in total. The summed E-state index contributed by atoms with van der Waals surface area (Å²) < 4.78 is 5.29. The van der Waals surface area contributed by atoms with Gasteiger partial charge in [0.25, 0.3) is 0 Å². The zero-order valence-corrected chi connectivity index (χ0v) is 12.2. The number of benzene rings is 1. The summed E-state index contributed by atoms with van der Waals surface area (Å²) in [7, 11) is 1.60.